The van der Waals surface area contributed by atoms with Crippen LogP contribution in [0, 0.1) is 5.92 Å². The molecule has 1 aliphatic heterocycles. The van der Waals surface area contributed by atoms with E-state index in [1.165, 1.54) is 36.6 Å². The van der Waals surface area contributed by atoms with E-state index < -0.39 is 0 Å². The van der Waals surface area contributed by atoms with Gasteiger partial charge in [0.2, 0.25) is 0 Å². The van der Waals surface area contributed by atoms with Crippen LogP contribution in [0.15, 0.2) is 4.99 Å². The quantitative estimate of drug-likeness (QED) is 0.749. The highest BCUT2D eigenvalue weighted by atomic mass is 32.2. The lowest BCUT2D eigenvalue weighted by Crippen LogP contribution is -2.25. The van der Waals surface area contributed by atoms with Gasteiger partial charge in [-0.15, -0.1) is 0 Å². The van der Waals surface area contributed by atoms with Crippen molar-refractivity contribution in [3.05, 3.63) is 0 Å². The molecule has 0 bridgehead atoms. The first-order chi connectivity index (χ1) is 6.38. The fraction of sp³-hybridized carbons (Fsp3) is 0.900. The Morgan fingerprint density at radius 2 is 2.38 bits per heavy atom. The second-order valence-electron chi connectivity index (χ2n) is 3.98. The van der Waals surface area contributed by atoms with Gasteiger partial charge in [-0.2, -0.15) is 0 Å². The smallest absolute Gasteiger partial charge is 0.156 e. The minimum Gasteiger partial charge on any atom is -0.361 e. The van der Waals surface area contributed by atoms with Crippen molar-refractivity contribution in [3.8, 4) is 0 Å². The Kier molecular flexibility index (Phi) is 3.14. The second-order valence-corrected chi connectivity index (χ2v) is 4.99. The number of rotatable bonds is 4. The lowest BCUT2D eigenvalue weighted by Gasteiger charge is -2.04. The molecular weight excluding hydrogens is 180 g/mol. The molecular formula is C10H18N2S. The maximum absolute atomic E-state index is 4.57. The summed E-state index contributed by atoms with van der Waals surface area (Å²) in [7, 11) is 0. The normalized spacial score (nSPS) is 30.8. The Bertz CT molecular complexity index is 199. The molecule has 1 atom stereocenters. The highest BCUT2D eigenvalue weighted by Crippen LogP contribution is 2.32. The van der Waals surface area contributed by atoms with Crippen LogP contribution in [0.25, 0.3) is 0 Å². The van der Waals surface area contributed by atoms with E-state index in [-0.39, 0.29) is 0 Å². The number of nitrogens with zero attached hydrogens (tertiary/aromatic N) is 1. The summed E-state index contributed by atoms with van der Waals surface area (Å²) in [5, 5.41) is 4.64. The molecule has 2 rings (SSSR count). The van der Waals surface area contributed by atoms with Gasteiger partial charge in [0.25, 0.3) is 0 Å². The summed E-state index contributed by atoms with van der Waals surface area (Å²) >= 11 is 1.89. The second kappa shape index (κ2) is 4.36. The van der Waals surface area contributed by atoms with Crippen molar-refractivity contribution in [1.29, 1.82) is 0 Å². The molecule has 0 amide bonds. The Morgan fingerprint density at radius 1 is 1.54 bits per heavy atom. The van der Waals surface area contributed by atoms with Gasteiger partial charge >= 0.3 is 0 Å². The predicted molar refractivity (Wildman–Crippen MR) is 59.3 cm³/mol. The first-order valence-corrected chi connectivity index (χ1v) is 6.31. The zero-order valence-electron chi connectivity index (χ0n) is 8.25. The van der Waals surface area contributed by atoms with Crippen LogP contribution in [-0.4, -0.2) is 23.5 Å². The molecule has 13 heavy (non-hydrogen) atoms. The van der Waals surface area contributed by atoms with Crippen molar-refractivity contribution in [1.82, 2.24) is 5.32 Å². The highest BCUT2D eigenvalue weighted by Gasteiger charge is 2.21. The number of hydrogen-bond acceptors (Lipinski definition) is 2. The van der Waals surface area contributed by atoms with E-state index in [0.29, 0.717) is 6.04 Å². The molecule has 0 radical (unpaired) electrons. The molecule has 74 valence electrons. The molecule has 1 unspecified atom stereocenters. The summed E-state index contributed by atoms with van der Waals surface area (Å²) in [6.07, 6.45) is 5.42. The van der Waals surface area contributed by atoms with Crippen LogP contribution in [0.3, 0.4) is 0 Å². The number of hydrogen-bond donors (Lipinski definition) is 1. The molecule has 2 fully saturated rings. The minimum atomic E-state index is 0.671. The Labute approximate surface area is 84.6 Å². The standard InChI is InChI=1S/C10H18N2S/c1-2-9-7-13-10(12-9)11-6-5-8-3-4-8/h8-9H,2-7H2,1H3,(H,11,12). The number of aliphatic imine (C=N–C) groups is 1. The van der Waals surface area contributed by atoms with Crippen molar-refractivity contribution in [3.63, 3.8) is 0 Å². The first kappa shape index (κ1) is 9.38. The average molecular weight is 198 g/mol. The van der Waals surface area contributed by atoms with Gasteiger partial charge in [-0.05, 0) is 18.8 Å². The van der Waals surface area contributed by atoms with Gasteiger partial charge in [0.05, 0.1) is 0 Å². The summed E-state index contributed by atoms with van der Waals surface area (Å²) < 4.78 is 0. The summed E-state index contributed by atoms with van der Waals surface area (Å²) in [6.45, 7) is 3.27. The van der Waals surface area contributed by atoms with Crippen LogP contribution >= 0.6 is 11.8 Å². The monoisotopic (exact) mass is 198 g/mol. The summed E-state index contributed by atoms with van der Waals surface area (Å²) in [5.74, 6) is 2.22. The third-order valence-electron chi connectivity index (χ3n) is 2.73. The minimum absolute atomic E-state index is 0.671. The third-order valence-corrected chi connectivity index (χ3v) is 3.82. The lowest BCUT2D eigenvalue weighted by atomic mass is 10.3. The molecule has 1 heterocycles. The fourth-order valence-electron chi connectivity index (χ4n) is 1.50. The van der Waals surface area contributed by atoms with Crippen LogP contribution in [0.1, 0.15) is 32.6 Å². The lowest BCUT2D eigenvalue weighted by molar-refractivity contribution is 0.664. The van der Waals surface area contributed by atoms with E-state index in [2.05, 4.69) is 17.2 Å². The van der Waals surface area contributed by atoms with E-state index in [9.17, 15) is 0 Å². The van der Waals surface area contributed by atoms with Crippen molar-refractivity contribution in [2.24, 2.45) is 10.9 Å². The topological polar surface area (TPSA) is 24.4 Å². The SMILES string of the molecule is CCC1CSC(=NCCC2CC2)N1. The van der Waals surface area contributed by atoms with Gasteiger partial charge < -0.3 is 5.32 Å². The molecule has 1 saturated carbocycles. The number of nitrogens with one attached hydrogen (secondary N) is 1. The van der Waals surface area contributed by atoms with Crippen LogP contribution in [0.5, 0.6) is 0 Å². The maximum atomic E-state index is 4.57. The fourth-order valence-corrected chi connectivity index (χ4v) is 2.61. The summed E-state index contributed by atoms with van der Waals surface area (Å²) in [6, 6.07) is 0.671. The van der Waals surface area contributed by atoms with Crippen LogP contribution in [0.2, 0.25) is 0 Å². The molecule has 0 aromatic heterocycles. The largest absolute Gasteiger partial charge is 0.361 e. The van der Waals surface area contributed by atoms with E-state index in [0.717, 1.165) is 12.5 Å². The zero-order chi connectivity index (χ0) is 9.10. The summed E-state index contributed by atoms with van der Waals surface area (Å²) in [5.41, 5.74) is 0. The van der Waals surface area contributed by atoms with Crippen LogP contribution in [-0.2, 0) is 0 Å². The molecule has 0 spiro atoms. The Hall–Kier alpha value is -0.180. The van der Waals surface area contributed by atoms with Gasteiger partial charge in [-0.25, -0.2) is 0 Å². The predicted octanol–water partition coefficient (Wildman–Crippen LogP) is 2.26. The van der Waals surface area contributed by atoms with Crippen molar-refractivity contribution >= 4 is 16.9 Å². The molecule has 2 aliphatic rings. The van der Waals surface area contributed by atoms with Gasteiger partial charge in [-0.1, -0.05) is 31.5 Å². The maximum Gasteiger partial charge on any atom is 0.156 e. The molecule has 2 nitrogen and oxygen atoms in total. The molecule has 0 aromatic rings. The molecule has 3 heteroatoms. The van der Waals surface area contributed by atoms with Crippen LogP contribution < -0.4 is 5.32 Å². The first-order valence-electron chi connectivity index (χ1n) is 5.32. The zero-order valence-corrected chi connectivity index (χ0v) is 9.07. The van der Waals surface area contributed by atoms with E-state index in [4.69, 9.17) is 0 Å². The van der Waals surface area contributed by atoms with Gasteiger partial charge in [0, 0.05) is 18.3 Å². The molecule has 1 saturated heterocycles. The number of amidine groups is 1. The molecule has 0 aromatic carbocycles. The van der Waals surface area contributed by atoms with Gasteiger partial charge in [0.1, 0.15) is 0 Å². The Balaban J connectivity index is 1.67. The number of thioether (sulfide) groups is 1. The molecule has 1 aliphatic carbocycles. The van der Waals surface area contributed by atoms with Gasteiger partial charge in [0.15, 0.2) is 5.17 Å². The third kappa shape index (κ3) is 2.90. The van der Waals surface area contributed by atoms with Crippen molar-refractivity contribution < 1.29 is 0 Å². The molecule has 1 N–H and O–H groups in total. The van der Waals surface area contributed by atoms with E-state index >= 15 is 0 Å². The van der Waals surface area contributed by atoms with Gasteiger partial charge in [-0.3, -0.25) is 4.99 Å². The summed E-state index contributed by atoms with van der Waals surface area (Å²) in [4.78, 5) is 4.57. The Morgan fingerprint density at radius 3 is 3.00 bits per heavy atom. The van der Waals surface area contributed by atoms with E-state index in [1.807, 2.05) is 11.8 Å². The van der Waals surface area contributed by atoms with Crippen molar-refractivity contribution in [2.75, 3.05) is 12.3 Å². The highest BCUT2D eigenvalue weighted by molar-refractivity contribution is 8.14. The van der Waals surface area contributed by atoms with Crippen molar-refractivity contribution in [2.45, 2.75) is 38.6 Å². The van der Waals surface area contributed by atoms with Crippen LogP contribution in [0.4, 0.5) is 0 Å². The van der Waals surface area contributed by atoms with E-state index in [1.54, 1.807) is 0 Å². The average Bonchev–Trinajstić information content (AvgIpc) is 2.84.